The second-order valence-electron chi connectivity index (χ2n) is 6.80. The van der Waals surface area contributed by atoms with Crippen LogP contribution in [0.1, 0.15) is 5.56 Å². The standard InChI is InChI=1S/C16H7Cl2F16NO/c17-6-2-1-5(3-7(6)18)4-35-9(36)11(23,24)13(27,28)15(31,32)16(33,34)14(29,30)12(25,26)10(21,22)8(19)20/h1-3,8H,4H2,(H,35,36). The number of hydrogen-bond donors (Lipinski definition) is 1. The molecule has 0 atom stereocenters. The van der Waals surface area contributed by atoms with Gasteiger partial charge >= 0.3 is 47.9 Å². The SMILES string of the molecule is O=C(NCc1ccc(Cl)c(Cl)c1)C(F)(F)C(F)(F)C(F)(F)C(F)(F)C(F)(F)C(F)(F)C(F)(F)C(F)F. The van der Waals surface area contributed by atoms with Crippen molar-refractivity contribution in [3.05, 3.63) is 33.8 Å². The van der Waals surface area contributed by atoms with Gasteiger partial charge in [-0.2, -0.15) is 61.5 Å². The van der Waals surface area contributed by atoms with Crippen LogP contribution in [-0.2, 0) is 11.3 Å². The average Bonchev–Trinajstić information content (AvgIpc) is 2.73. The fraction of sp³-hybridized carbons (Fsp3) is 0.562. The number of hydrogen-bond acceptors (Lipinski definition) is 1. The van der Waals surface area contributed by atoms with Crippen LogP contribution in [0.5, 0.6) is 0 Å². The molecule has 0 fully saturated rings. The Labute approximate surface area is 198 Å². The minimum atomic E-state index is -8.57. The third kappa shape index (κ3) is 4.62. The van der Waals surface area contributed by atoms with Crippen LogP contribution in [0.15, 0.2) is 18.2 Å². The van der Waals surface area contributed by atoms with Gasteiger partial charge in [-0.15, -0.1) is 0 Å². The Bertz CT molecular complexity index is 981. The molecule has 208 valence electrons. The quantitative estimate of drug-likeness (QED) is 0.279. The van der Waals surface area contributed by atoms with Crippen molar-refractivity contribution in [2.45, 2.75) is 54.4 Å². The second kappa shape index (κ2) is 9.47. The minimum absolute atomic E-state index is 0.166. The topological polar surface area (TPSA) is 29.1 Å². The molecule has 0 saturated carbocycles. The number of rotatable bonds is 10. The zero-order chi connectivity index (χ0) is 28.9. The molecule has 1 rings (SSSR count). The Hall–Kier alpha value is -1.85. The van der Waals surface area contributed by atoms with Gasteiger partial charge < -0.3 is 5.32 Å². The Balaban J connectivity index is 3.42. The van der Waals surface area contributed by atoms with Crippen molar-refractivity contribution >= 4 is 29.1 Å². The van der Waals surface area contributed by atoms with E-state index in [9.17, 15) is 75.0 Å². The summed E-state index contributed by atoms with van der Waals surface area (Å²) in [5.41, 5.74) is -0.352. The van der Waals surface area contributed by atoms with E-state index in [1.165, 1.54) is 0 Å². The van der Waals surface area contributed by atoms with E-state index >= 15 is 0 Å². The van der Waals surface area contributed by atoms with Gasteiger partial charge in [0, 0.05) is 6.54 Å². The highest BCUT2D eigenvalue weighted by Gasteiger charge is 2.94. The summed E-state index contributed by atoms with van der Waals surface area (Å²) in [7, 11) is 0. The van der Waals surface area contributed by atoms with Crippen molar-refractivity contribution in [1.82, 2.24) is 5.32 Å². The summed E-state index contributed by atoms with van der Waals surface area (Å²) in [6, 6.07) is 2.64. The van der Waals surface area contributed by atoms with Crippen molar-refractivity contribution in [1.29, 1.82) is 0 Å². The van der Waals surface area contributed by atoms with E-state index in [-0.39, 0.29) is 15.6 Å². The van der Waals surface area contributed by atoms with Crippen LogP contribution in [0.3, 0.4) is 0 Å². The fourth-order valence-corrected chi connectivity index (χ4v) is 2.54. The number of alkyl halides is 16. The second-order valence-corrected chi connectivity index (χ2v) is 7.62. The summed E-state index contributed by atoms with van der Waals surface area (Å²) in [6.07, 6.45) is -5.93. The van der Waals surface area contributed by atoms with E-state index in [0.717, 1.165) is 23.5 Å². The van der Waals surface area contributed by atoms with Crippen LogP contribution in [0.25, 0.3) is 0 Å². The Morgan fingerprint density at radius 2 is 1.11 bits per heavy atom. The van der Waals surface area contributed by atoms with Gasteiger partial charge in [0.2, 0.25) is 0 Å². The van der Waals surface area contributed by atoms with Gasteiger partial charge in [-0.1, -0.05) is 29.3 Å². The molecular formula is C16H7Cl2F16NO. The van der Waals surface area contributed by atoms with Crippen LogP contribution < -0.4 is 5.32 Å². The smallest absolute Gasteiger partial charge is 0.347 e. The van der Waals surface area contributed by atoms with Gasteiger partial charge in [-0.25, -0.2) is 8.78 Å². The van der Waals surface area contributed by atoms with E-state index < -0.39 is 60.3 Å². The summed E-state index contributed by atoms with van der Waals surface area (Å²) in [5, 5.41) is 0.330. The first-order chi connectivity index (χ1) is 15.7. The number of carbonyl (C=O) groups excluding carboxylic acids is 1. The third-order valence-corrected chi connectivity index (χ3v) is 5.13. The normalized spacial score (nSPS) is 14.9. The first kappa shape index (κ1) is 32.2. The monoisotopic (exact) mass is 603 g/mol. The fourth-order valence-electron chi connectivity index (χ4n) is 2.22. The third-order valence-electron chi connectivity index (χ3n) is 4.39. The number of benzene rings is 1. The highest BCUT2D eigenvalue weighted by Crippen LogP contribution is 2.62. The Morgan fingerprint density at radius 1 is 0.694 bits per heavy atom. The van der Waals surface area contributed by atoms with Crippen molar-refractivity contribution in [3.8, 4) is 0 Å². The zero-order valence-corrected chi connectivity index (χ0v) is 17.7. The summed E-state index contributed by atoms with van der Waals surface area (Å²) in [4.78, 5) is 11.4. The molecule has 0 spiro atoms. The lowest BCUT2D eigenvalue weighted by Gasteiger charge is -2.42. The molecule has 0 aliphatic carbocycles. The van der Waals surface area contributed by atoms with Gasteiger partial charge in [-0.05, 0) is 17.7 Å². The molecule has 1 amide bonds. The predicted octanol–water partition coefficient (Wildman–Crippen LogP) is 7.32. The van der Waals surface area contributed by atoms with Crippen LogP contribution in [0.4, 0.5) is 70.2 Å². The lowest BCUT2D eigenvalue weighted by Crippen LogP contribution is -2.74. The minimum Gasteiger partial charge on any atom is -0.347 e. The highest BCUT2D eigenvalue weighted by atomic mass is 35.5. The van der Waals surface area contributed by atoms with Gasteiger partial charge in [-0.3, -0.25) is 4.79 Å². The molecule has 1 aromatic rings. The van der Waals surface area contributed by atoms with Crippen LogP contribution >= 0.6 is 23.2 Å². The first-order valence-corrected chi connectivity index (χ1v) is 9.15. The highest BCUT2D eigenvalue weighted by molar-refractivity contribution is 6.42. The summed E-state index contributed by atoms with van der Waals surface area (Å²) >= 11 is 11.0. The Morgan fingerprint density at radius 3 is 1.53 bits per heavy atom. The van der Waals surface area contributed by atoms with E-state index in [2.05, 4.69) is 0 Å². The van der Waals surface area contributed by atoms with Gasteiger partial charge in [0.1, 0.15) is 0 Å². The number of halogens is 18. The van der Waals surface area contributed by atoms with Crippen LogP contribution in [-0.4, -0.2) is 53.8 Å². The largest absolute Gasteiger partial charge is 0.392 e. The maximum absolute atomic E-state index is 13.8. The first-order valence-electron chi connectivity index (χ1n) is 8.40. The molecule has 0 unspecified atom stereocenters. The van der Waals surface area contributed by atoms with Gasteiger partial charge in [0.15, 0.2) is 0 Å². The van der Waals surface area contributed by atoms with Gasteiger partial charge in [0.05, 0.1) is 10.0 Å². The van der Waals surface area contributed by atoms with Crippen LogP contribution in [0, 0.1) is 0 Å². The number of amides is 1. The maximum atomic E-state index is 13.8. The lowest BCUT2D eigenvalue weighted by atomic mass is 9.89. The molecule has 1 N–H and O–H groups in total. The van der Waals surface area contributed by atoms with E-state index in [4.69, 9.17) is 23.2 Å². The summed E-state index contributed by atoms with van der Waals surface area (Å²) < 4.78 is 212. The van der Waals surface area contributed by atoms with Crippen molar-refractivity contribution in [3.63, 3.8) is 0 Å². The van der Waals surface area contributed by atoms with E-state index in [1.807, 2.05) is 0 Å². The Kier molecular flexibility index (Phi) is 8.47. The molecule has 0 heterocycles. The van der Waals surface area contributed by atoms with Crippen LogP contribution in [0.2, 0.25) is 10.0 Å². The molecule has 0 radical (unpaired) electrons. The van der Waals surface area contributed by atoms with Crippen molar-refractivity contribution in [2.75, 3.05) is 0 Å². The lowest BCUT2D eigenvalue weighted by molar-refractivity contribution is -0.443. The molecule has 36 heavy (non-hydrogen) atoms. The summed E-state index contributed by atoms with van der Waals surface area (Å²) in [6.45, 7) is -1.28. The number of carbonyl (C=O) groups is 1. The zero-order valence-electron chi connectivity index (χ0n) is 16.2. The molecule has 0 aromatic heterocycles. The predicted molar refractivity (Wildman–Crippen MR) is 88.9 cm³/mol. The molecule has 0 saturated heterocycles. The maximum Gasteiger partial charge on any atom is 0.392 e. The molecule has 0 bridgehead atoms. The van der Waals surface area contributed by atoms with Crippen molar-refractivity contribution in [2.24, 2.45) is 0 Å². The molecule has 0 aliphatic rings. The van der Waals surface area contributed by atoms with Gasteiger partial charge in [0.25, 0.3) is 5.91 Å². The molecule has 2 nitrogen and oxygen atoms in total. The average molecular weight is 604 g/mol. The number of nitrogens with one attached hydrogen (secondary N) is 1. The molecule has 1 aromatic carbocycles. The van der Waals surface area contributed by atoms with Crippen molar-refractivity contribution < 1.29 is 75.0 Å². The van der Waals surface area contributed by atoms with E-state index in [0.29, 0.717) is 0 Å². The molecular weight excluding hydrogens is 597 g/mol. The van der Waals surface area contributed by atoms with E-state index in [1.54, 1.807) is 0 Å². The molecule has 20 heteroatoms. The summed E-state index contributed by atoms with van der Waals surface area (Å²) in [5.74, 6) is -59.9. The molecule has 0 aliphatic heterocycles.